The molecule has 0 fully saturated rings. The third-order valence-corrected chi connectivity index (χ3v) is 3.32. The predicted molar refractivity (Wildman–Crippen MR) is 75.5 cm³/mol. The smallest absolute Gasteiger partial charge is 0.131 e. The van der Waals surface area contributed by atoms with Gasteiger partial charge in [-0.2, -0.15) is 0 Å². The maximum atomic E-state index is 9.03. The molecule has 0 aliphatic carbocycles. The topological polar surface area (TPSA) is 47.3 Å². The average Bonchev–Trinajstić information content (AvgIpc) is 2.71. The minimum Gasteiger partial charge on any atom is -0.496 e. The van der Waals surface area contributed by atoms with Gasteiger partial charge in [0.05, 0.1) is 25.6 Å². The van der Waals surface area contributed by atoms with Gasteiger partial charge in [-0.15, -0.1) is 0 Å². The van der Waals surface area contributed by atoms with Gasteiger partial charge >= 0.3 is 0 Å². The summed E-state index contributed by atoms with van der Waals surface area (Å²) in [5, 5.41) is 9.03. The van der Waals surface area contributed by atoms with Gasteiger partial charge < -0.3 is 14.4 Å². The molecule has 1 heterocycles. The van der Waals surface area contributed by atoms with Crippen molar-refractivity contribution in [3.05, 3.63) is 35.3 Å². The number of aliphatic hydroxyl groups excluding tert-OH is 1. The maximum absolute atomic E-state index is 9.03. The van der Waals surface area contributed by atoms with Crippen molar-refractivity contribution in [1.82, 2.24) is 9.55 Å². The molecule has 0 aliphatic heterocycles. The molecule has 1 aromatic heterocycles. The first-order valence-corrected chi connectivity index (χ1v) is 6.35. The number of aliphatic hydroxyl groups is 1. The lowest BCUT2D eigenvalue weighted by molar-refractivity contribution is 0.295. The molecule has 2 rings (SSSR count). The molecule has 0 aliphatic rings. The van der Waals surface area contributed by atoms with Gasteiger partial charge in [0.2, 0.25) is 0 Å². The number of methoxy groups -OCH3 is 1. The number of aromatic nitrogens is 2. The molecule has 0 saturated heterocycles. The van der Waals surface area contributed by atoms with Crippen LogP contribution in [0.15, 0.2) is 18.3 Å². The van der Waals surface area contributed by atoms with Crippen molar-refractivity contribution < 1.29 is 9.84 Å². The predicted octanol–water partition coefficient (Wildman–Crippen LogP) is 2.25. The summed E-state index contributed by atoms with van der Waals surface area (Å²) in [5.41, 5.74) is 4.35. The Hall–Kier alpha value is -1.81. The first-order valence-electron chi connectivity index (χ1n) is 6.35. The number of hydrogen-bond donors (Lipinski definition) is 1. The minimum absolute atomic E-state index is 0.105. The van der Waals surface area contributed by atoms with Crippen LogP contribution in [0, 0.1) is 13.8 Å². The van der Waals surface area contributed by atoms with Crippen LogP contribution in [0.2, 0.25) is 0 Å². The largest absolute Gasteiger partial charge is 0.496 e. The van der Waals surface area contributed by atoms with E-state index < -0.39 is 0 Å². The van der Waals surface area contributed by atoms with Gasteiger partial charge in [-0.25, -0.2) is 4.98 Å². The third-order valence-electron chi connectivity index (χ3n) is 3.32. The van der Waals surface area contributed by atoms with E-state index in [4.69, 9.17) is 9.84 Å². The Morgan fingerprint density at radius 2 is 2.05 bits per heavy atom. The van der Waals surface area contributed by atoms with Crippen molar-refractivity contribution in [1.29, 1.82) is 0 Å². The second-order valence-corrected chi connectivity index (χ2v) is 4.75. The van der Waals surface area contributed by atoms with E-state index in [2.05, 4.69) is 24.0 Å². The Kier molecular flexibility index (Phi) is 3.90. The van der Waals surface area contributed by atoms with E-state index in [1.54, 1.807) is 7.11 Å². The first-order chi connectivity index (χ1) is 9.08. The molecule has 1 N–H and O–H groups in total. The van der Waals surface area contributed by atoms with Crippen molar-refractivity contribution >= 4 is 0 Å². The van der Waals surface area contributed by atoms with E-state index in [0.29, 0.717) is 6.42 Å². The molecule has 0 spiro atoms. The molecule has 4 nitrogen and oxygen atoms in total. The van der Waals surface area contributed by atoms with E-state index in [1.807, 2.05) is 24.7 Å². The fourth-order valence-electron chi connectivity index (χ4n) is 2.45. The van der Waals surface area contributed by atoms with Gasteiger partial charge in [-0.1, -0.05) is 6.07 Å². The Morgan fingerprint density at radius 3 is 2.68 bits per heavy atom. The summed E-state index contributed by atoms with van der Waals surface area (Å²) in [7, 11) is 3.65. The lowest BCUT2D eigenvalue weighted by atomic mass is 10.0. The first kappa shape index (κ1) is 13.6. The van der Waals surface area contributed by atoms with Crippen molar-refractivity contribution in [2.75, 3.05) is 13.7 Å². The second-order valence-electron chi connectivity index (χ2n) is 4.75. The Balaban J connectivity index is 2.58. The second kappa shape index (κ2) is 5.45. The van der Waals surface area contributed by atoms with Gasteiger partial charge in [0.15, 0.2) is 0 Å². The van der Waals surface area contributed by atoms with E-state index >= 15 is 0 Å². The highest BCUT2D eigenvalue weighted by Crippen LogP contribution is 2.34. The lowest BCUT2D eigenvalue weighted by Gasteiger charge is -2.13. The van der Waals surface area contributed by atoms with Crippen LogP contribution in [0.1, 0.15) is 17.0 Å². The van der Waals surface area contributed by atoms with Crippen LogP contribution in [0.5, 0.6) is 5.75 Å². The molecule has 0 radical (unpaired) electrons. The van der Waals surface area contributed by atoms with E-state index in [0.717, 1.165) is 28.4 Å². The molecule has 0 atom stereocenters. The van der Waals surface area contributed by atoms with Crippen molar-refractivity contribution in [3.8, 4) is 17.0 Å². The molecular formula is C15H20N2O2. The average molecular weight is 260 g/mol. The van der Waals surface area contributed by atoms with Crippen LogP contribution in [-0.4, -0.2) is 28.4 Å². The molecular weight excluding hydrogens is 240 g/mol. The number of nitrogens with zero attached hydrogens (tertiary/aromatic N) is 2. The molecule has 4 heteroatoms. The molecule has 102 valence electrons. The summed E-state index contributed by atoms with van der Waals surface area (Å²) >= 11 is 0. The van der Waals surface area contributed by atoms with E-state index in [1.165, 1.54) is 5.56 Å². The standard InChI is InChI=1S/C15H20N2O2/c1-10-7-11(2)15(19-4)12(8-10)13-9-16-14(5-6-18)17(13)3/h7-9,18H,5-6H2,1-4H3. The zero-order valence-electron chi connectivity index (χ0n) is 11.9. The van der Waals surface area contributed by atoms with Gasteiger partial charge in [0.25, 0.3) is 0 Å². The molecule has 0 saturated carbocycles. The monoisotopic (exact) mass is 260 g/mol. The summed E-state index contributed by atoms with van der Waals surface area (Å²) in [4.78, 5) is 4.36. The Morgan fingerprint density at radius 1 is 1.32 bits per heavy atom. The Bertz CT molecular complexity index is 588. The lowest BCUT2D eigenvalue weighted by Crippen LogP contribution is -2.03. The molecule has 19 heavy (non-hydrogen) atoms. The van der Waals surface area contributed by atoms with Crippen LogP contribution in [-0.2, 0) is 13.5 Å². The SMILES string of the molecule is COc1c(C)cc(C)cc1-c1cnc(CCO)n1C. The van der Waals surface area contributed by atoms with Gasteiger partial charge in [-0.3, -0.25) is 0 Å². The fourth-order valence-corrected chi connectivity index (χ4v) is 2.45. The minimum atomic E-state index is 0.105. The van der Waals surface area contributed by atoms with E-state index in [-0.39, 0.29) is 6.61 Å². The normalized spacial score (nSPS) is 10.8. The fraction of sp³-hybridized carbons (Fsp3) is 0.400. The highest BCUT2D eigenvalue weighted by atomic mass is 16.5. The Labute approximate surface area is 113 Å². The van der Waals surface area contributed by atoms with Gasteiger partial charge in [0.1, 0.15) is 11.6 Å². The van der Waals surface area contributed by atoms with Crippen LogP contribution in [0.4, 0.5) is 0 Å². The number of benzene rings is 1. The zero-order chi connectivity index (χ0) is 14.0. The number of aryl methyl sites for hydroxylation is 2. The van der Waals surface area contributed by atoms with Crippen molar-refractivity contribution in [2.24, 2.45) is 7.05 Å². The van der Waals surface area contributed by atoms with Gasteiger partial charge in [0, 0.05) is 19.0 Å². The molecule has 0 bridgehead atoms. The molecule has 0 unspecified atom stereocenters. The molecule has 1 aromatic carbocycles. The quantitative estimate of drug-likeness (QED) is 0.917. The maximum Gasteiger partial charge on any atom is 0.131 e. The summed E-state index contributed by atoms with van der Waals surface area (Å²) in [6, 6.07) is 4.21. The molecule has 2 aromatic rings. The summed E-state index contributed by atoms with van der Waals surface area (Å²) in [6.45, 7) is 4.22. The molecule has 0 amide bonds. The summed E-state index contributed by atoms with van der Waals surface area (Å²) in [6.07, 6.45) is 2.39. The highest BCUT2D eigenvalue weighted by molar-refractivity contribution is 5.70. The van der Waals surface area contributed by atoms with Crippen LogP contribution in [0.3, 0.4) is 0 Å². The number of ether oxygens (including phenoxy) is 1. The van der Waals surface area contributed by atoms with Crippen LogP contribution in [0.25, 0.3) is 11.3 Å². The highest BCUT2D eigenvalue weighted by Gasteiger charge is 2.14. The zero-order valence-corrected chi connectivity index (χ0v) is 11.9. The number of hydrogen-bond acceptors (Lipinski definition) is 3. The summed E-state index contributed by atoms with van der Waals surface area (Å²) < 4.78 is 7.53. The number of imidazole rings is 1. The summed E-state index contributed by atoms with van der Waals surface area (Å²) in [5.74, 6) is 1.75. The van der Waals surface area contributed by atoms with Crippen LogP contribution < -0.4 is 4.74 Å². The third kappa shape index (κ3) is 2.49. The van der Waals surface area contributed by atoms with Crippen molar-refractivity contribution in [2.45, 2.75) is 20.3 Å². The van der Waals surface area contributed by atoms with E-state index in [9.17, 15) is 0 Å². The number of rotatable bonds is 4. The van der Waals surface area contributed by atoms with Crippen molar-refractivity contribution in [3.63, 3.8) is 0 Å². The van der Waals surface area contributed by atoms with Crippen LogP contribution >= 0.6 is 0 Å². The van der Waals surface area contributed by atoms with Gasteiger partial charge in [-0.05, 0) is 31.0 Å².